The number of hydrogen-bond acceptors (Lipinski definition) is 3. The van der Waals surface area contributed by atoms with Gasteiger partial charge in [-0.05, 0) is 31.7 Å². The van der Waals surface area contributed by atoms with Crippen LogP contribution in [0, 0.1) is 5.92 Å². The molecule has 2 amide bonds. The van der Waals surface area contributed by atoms with E-state index in [1.807, 2.05) is 0 Å². The fraction of sp³-hybridized carbons (Fsp3) is 0.857. The van der Waals surface area contributed by atoms with E-state index in [0.717, 1.165) is 32.5 Å². The lowest BCUT2D eigenvalue weighted by Gasteiger charge is -2.28. The zero-order valence-corrected chi connectivity index (χ0v) is 12.3. The summed E-state index contributed by atoms with van der Waals surface area (Å²) in [6.45, 7) is 7.21. The Balaban J connectivity index is 1.95. The first-order valence-corrected chi connectivity index (χ1v) is 7.51. The van der Waals surface area contributed by atoms with Crippen LogP contribution in [0.15, 0.2) is 0 Å². The number of fused-ring (bicyclic) bond motifs is 1. The highest BCUT2D eigenvalue weighted by atomic mass is 16.4. The number of carboxylic acids is 1. The van der Waals surface area contributed by atoms with Gasteiger partial charge in [0.1, 0.15) is 6.04 Å². The standard InChI is InChI=1S/C14H25N3O3/c1-10(2)12(13(18)19)15-14(20)17-8-4-7-16-6-3-5-11(16)9-17/h10-12H,3-9H2,1-2H3,(H,15,20)(H,18,19). The molecule has 6 nitrogen and oxygen atoms in total. The van der Waals surface area contributed by atoms with Crippen LogP contribution in [-0.2, 0) is 4.79 Å². The molecule has 114 valence electrons. The van der Waals surface area contributed by atoms with Crippen LogP contribution < -0.4 is 5.32 Å². The van der Waals surface area contributed by atoms with Crippen molar-refractivity contribution in [3.05, 3.63) is 0 Å². The summed E-state index contributed by atoms with van der Waals surface area (Å²) in [6.07, 6.45) is 3.30. The van der Waals surface area contributed by atoms with E-state index in [0.29, 0.717) is 12.6 Å². The van der Waals surface area contributed by atoms with E-state index in [1.165, 1.54) is 6.42 Å². The maximum atomic E-state index is 12.3. The highest BCUT2D eigenvalue weighted by Gasteiger charge is 2.32. The Labute approximate surface area is 120 Å². The number of rotatable bonds is 3. The van der Waals surface area contributed by atoms with Gasteiger partial charge in [0.25, 0.3) is 0 Å². The summed E-state index contributed by atoms with van der Waals surface area (Å²) in [4.78, 5) is 27.7. The van der Waals surface area contributed by atoms with Crippen LogP contribution in [0.2, 0.25) is 0 Å². The van der Waals surface area contributed by atoms with Gasteiger partial charge >= 0.3 is 12.0 Å². The number of nitrogens with zero attached hydrogens (tertiary/aromatic N) is 2. The third-order valence-electron chi connectivity index (χ3n) is 4.30. The molecule has 2 aliphatic heterocycles. The Morgan fingerprint density at radius 1 is 1.20 bits per heavy atom. The lowest BCUT2D eigenvalue weighted by molar-refractivity contribution is -0.140. The molecule has 2 rings (SSSR count). The zero-order chi connectivity index (χ0) is 14.7. The van der Waals surface area contributed by atoms with E-state index in [1.54, 1.807) is 18.7 Å². The summed E-state index contributed by atoms with van der Waals surface area (Å²) in [5.74, 6) is -1.09. The molecule has 0 radical (unpaired) electrons. The van der Waals surface area contributed by atoms with Crippen molar-refractivity contribution < 1.29 is 14.7 Å². The fourth-order valence-corrected chi connectivity index (χ4v) is 3.13. The quantitative estimate of drug-likeness (QED) is 0.809. The molecule has 0 saturated carbocycles. The molecule has 0 aromatic heterocycles. The molecule has 20 heavy (non-hydrogen) atoms. The number of carbonyl (C=O) groups is 2. The molecule has 6 heteroatoms. The van der Waals surface area contributed by atoms with Crippen molar-refractivity contribution in [2.45, 2.75) is 45.2 Å². The van der Waals surface area contributed by atoms with Crippen molar-refractivity contribution in [3.63, 3.8) is 0 Å². The third kappa shape index (κ3) is 3.42. The predicted molar refractivity (Wildman–Crippen MR) is 75.6 cm³/mol. The number of aliphatic carboxylic acids is 1. The second-order valence-corrected chi connectivity index (χ2v) is 6.14. The van der Waals surface area contributed by atoms with Crippen molar-refractivity contribution in [1.29, 1.82) is 0 Å². The first-order chi connectivity index (χ1) is 9.49. The highest BCUT2D eigenvalue weighted by molar-refractivity contribution is 5.82. The first-order valence-electron chi connectivity index (χ1n) is 7.51. The van der Waals surface area contributed by atoms with Crippen LogP contribution in [0.4, 0.5) is 4.79 Å². The van der Waals surface area contributed by atoms with E-state index in [9.17, 15) is 9.59 Å². The van der Waals surface area contributed by atoms with Gasteiger partial charge < -0.3 is 15.3 Å². The number of amides is 2. The molecule has 0 spiro atoms. The third-order valence-corrected chi connectivity index (χ3v) is 4.30. The van der Waals surface area contributed by atoms with Crippen LogP contribution >= 0.6 is 0 Å². The fourth-order valence-electron chi connectivity index (χ4n) is 3.13. The first kappa shape index (κ1) is 15.1. The summed E-state index contributed by atoms with van der Waals surface area (Å²) in [7, 11) is 0. The molecule has 0 aromatic carbocycles. The summed E-state index contributed by atoms with van der Waals surface area (Å²) in [5.41, 5.74) is 0. The van der Waals surface area contributed by atoms with Crippen molar-refractivity contribution in [3.8, 4) is 0 Å². The molecule has 2 aliphatic rings. The van der Waals surface area contributed by atoms with E-state index >= 15 is 0 Å². The van der Waals surface area contributed by atoms with Gasteiger partial charge in [0, 0.05) is 25.7 Å². The Bertz CT molecular complexity index is 373. The molecule has 0 aromatic rings. The van der Waals surface area contributed by atoms with Crippen molar-refractivity contribution >= 4 is 12.0 Å². The Kier molecular flexibility index (Phi) is 4.86. The van der Waals surface area contributed by atoms with Gasteiger partial charge in [-0.3, -0.25) is 4.90 Å². The summed E-state index contributed by atoms with van der Waals surface area (Å²) < 4.78 is 0. The monoisotopic (exact) mass is 283 g/mol. The molecule has 2 saturated heterocycles. The van der Waals surface area contributed by atoms with Crippen LogP contribution in [-0.4, -0.2) is 65.2 Å². The van der Waals surface area contributed by atoms with E-state index in [4.69, 9.17) is 5.11 Å². The molecular formula is C14H25N3O3. The Morgan fingerprint density at radius 3 is 2.55 bits per heavy atom. The molecule has 2 N–H and O–H groups in total. The zero-order valence-electron chi connectivity index (χ0n) is 12.3. The second kappa shape index (κ2) is 6.43. The van der Waals surface area contributed by atoms with Gasteiger partial charge in [0.2, 0.25) is 0 Å². The van der Waals surface area contributed by atoms with Crippen molar-refractivity contribution in [1.82, 2.24) is 15.1 Å². The van der Waals surface area contributed by atoms with Gasteiger partial charge in [-0.1, -0.05) is 13.8 Å². The van der Waals surface area contributed by atoms with Gasteiger partial charge in [0.05, 0.1) is 0 Å². The Hall–Kier alpha value is -1.30. The molecule has 2 fully saturated rings. The summed E-state index contributed by atoms with van der Waals surface area (Å²) in [5, 5.41) is 11.8. The molecule has 2 unspecified atom stereocenters. The van der Waals surface area contributed by atoms with Crippen LogP contribution in [0.5, 0.6) is 0 Å². The van der Waals surface area contributed by atoms with Gasteiger partial charge in [0.15, 0.2) is 0 Å². The number of carbonyl (C=O) groups excluding carboxylic acids is 1. The number of nitrogens with one attached hydrogen (secondary N) is 1. The molecule has 2 atom stereocenters. The van der Waals surface area contributed by atoms with E-state index in [-0.39, 0.29) is 11.9 Å². The Morgan fingerprint density at radius 2 is 1.90 bits per heavy atom. The minimum Gasteiger partial charge on any atom is -0.480 e. The lowest BCUT2D eigenvalue weighted by Crippen LogP contribution is -2.51. The number of carboxylic acid groups (broad SMARTS) is 1. The minimum atomic E-state index is -0.967. The molecular weight excluding hydrogens is 258 g/mol. The predicted octanol–water partition coefficient (Wildman–Crippen LogP) is 0.975. The average Bonchev–Trinajstić information content (AvgIpc) is 2.72. The van der Waals surface area contributed by atoms with Crippen molar-refractivity contribution in [2.24, 2.45) is 5.92 Å². The maximum absolute atomic E-state index is 12.3. The van der Waals surface area contributed by atoms with Crippen LogP contribution in [0.1, 0.15) is 33.1 Å². The summed E-state index contributed by atoms with van der Waals surface area (Å²) in [6, 6.07) is -0.601. The normalized spacial score (nSPS) is 25.1. The molecule has 2 heterocycles. The summed E-state index contributed by atoms with van der Waals surface area (Å²) >= 11 is 0. The molecule has 0 bridgehead atoms. The average molecular weight is 283 g/mol. The number of urea groups is 1. The minimum absolute atomic E-state index is 0.119. The lowest BCUT2D eigenvalue weighted by atomic mass is 10.1. The highest BCUT2D eigenvalue weighted by Crippen LogP contribution is 2.21. The van der Waals surface area contributed by atoms with Gasteiger partial charge in [-0.2, -0.15) is 0 Å². The van der Waals surface area contributed by atoms with E-state index in [2.05, 4.69) is 10.2 Å². The maximum Gasteiger partial charge on any atom is 0.326 e. The van der Waals surface area contributed by atoms with E-state index < -0.39 is 12.0 Å². The SMILES string of the molecule is CC(C)C(NC(=O)N1CCCN2CCCC2C1)C(=O)O. The smallest absolute Gasteiger partial charge is 0.326 e. The van der Waals surface area contributed by atoms with Crippen LogP contribution in [0.25, 0.3) is 0 Å². The van der Waals surface area contributed by atoms with Gasteiger partial charge in [-0.25, -0.2) is 9.59 Å². The van der Waals surface area contributed by atoms with Crippen LogP contribution in [0.3, 0.4) is 0 Å². The topological polar surface area (TPSA) is 72.9 Å². The number of hydrogen-bond donors (Lipinski definition) is 2. The van der Waals surface area contributed by atoms with Crippen molar-refractivity contribution in [2.75, 3.05) is 26.2 Å². The second-order valence-electron chi connectivity index (χ2n) is 6.14. The van der Waals surface area contributed by atoms with Gasteiger partial charge in [-0.15, -0.1) is 0 Å². The largest absolute Gasteiger partial charge is 0.480 e. The molecule has 0 aliphatic carbocycles.